The molecule has 1 atom stereocenters. The van der Waals surface area contributed by atoms with Crippen molar-refractivity contribution in [1.29, 1.82) is 0 Å². The average Bonchev–Trinajstić information content (AvgIpc) is 3.27. The molecule has 4 rings (SSSR count). The van der Waals surface area contributed by atoms with E-state index in [1.165, 1.54) is 18.2 Å². The van der Waals surface area contributed by atoms with Crippen LogP contribution in [0.1, 0.15) is 54.1 Å². The maximum Gasteiger partial charge on any atom is 0.273 e. The molecule has 0 spiro atoms. The van der Waals surface area contributed by atoms with Gasteiger partial charge >= 0.3 is 0 Å². The SMILES string of the molecule is CC(O)c1nnc(C2CC(NC(=O)c3cc(-c4cccc(F)c4)on3)C2)o1. The van der Waals surface area contributed by atoms with Crippen LogP contribution >= 0.6 is 0 Å². The second-order valence-corrected chi connectivity index (χ2v) is 6.58. The van der Waals surface area contributed by atoms with E-state index in [-0.39, 0.29) is 29.5 Å². The van der Waals surface area contributed by atoms with Crippen molar-refractivity contribution in [2.45, 2.75) is 37.8 Å². The highest BCUT2D eigenvalue weighted by Gasteiger charge is 2.36. The molecule has 1 unspecified atom stereocenters. The van der Waals surface area contributed by atoms with Gasteiger partial charge in [0.2, 0.25) is 11.8 Å². The smallest absolute Gasteiger partial charge is 0.273 e. The highest BCUT2D eigenvalue weighted by Crippen LogP contribution is 2.36. The maximum absolute atomic E-state index is 13.3. The molecule has 0 saturated heterocycles. The van der Waals surface area contributed by atoms with Crippen molar-refractivity contribution in [1.82, 2.24) is 20.7 Å². The zero-order valence-corrected chi connectivity index (χ0v) is 14.4. The number of carbonyl (C=O) groups is 1. The van der Waals surface area contributed by atoms with E-state index >= 15 is 0 Å². The summed E-state index contributed by atoms with van der Waals surface area (Å²) >= 11 is 0. The largest absolute Gasteiger partial charge is 0.422 e. The lowest BCUT2D eigenvalue weighted by atomic mass is 9.80. The van der Waals surface area contributed by atoms with Gasteiger partial charge in [-0.2, -0.15) is 0 Å². The standard InChI is InChI=1S/C18H17FN4O4/c1-9(24)17-21-22-18(26-17)11-6-13(7-11)20-16(25)14-8-15(27-23-14)10-3-2-4-12(19)5-10/h2-5,8-9,11,13,24H,6-7H2,1H3,(H,20,25). The lowest BCUT2D eigenvalue weighted by molar-refractivity contribution is 0.0892. The van der Waals surface area contributed by atoms with Crippen LogP contribution in [0.2, 0.25) is 0 Å². The monoisotopic (exact) mass is 372 g/mol. The third kappa shape index (κ3) is 3.59. The number of carbonyl (C=O) groups excluding carboxylic acids is 1. The van der Waals surface area contributed by atoms with Crippen molar-refractivity contribution in [2.24, 2.45) is 0 Å². The van der Waals surface area contributed by atoms with Gasteiger partial charge in [0.1, 0.15) is 11.9 Å². The number of nitrogens with one attached hydrogen (secondary N) is 1. The van der Waals surface area contributed by atoms with Crippen LogP contribution in [0.15, 0.2) is 39.3 Å². The number of nitrogens with zero attached hydrogens (tertiary/aromatic N) is 3. The number of halogens is 1. The molecule has 27 heavy (non-hydrogen) atoms. The Morgan fingerprint density at radius 1 is 1.33 bits per heavy atom. The average molecular weight is 372 g/mol. The zero-order chi connectivity index (χ0) is 19.0. The normalized spacial score (nSPS) is 20.1. The van der Waals surface area contributed by atoms with E-state index in [2.05, 4.69) is 20.7 Å². The second kappa shape index (κ2) is 6.92. The molecule has 2 heterocycles. The minimum Gasteiger partial charge on any atom is -0.422 e. The summed E-state index contributed by atoms with van der Waals surface area (Å²) in [6.45, 7) is 1.55. The topological polar surface area (TPSA) is 114 Å². The molecule has 2 aromatic heterocycles. The molecule has 0 aliphatic heterocycles. The molecule has 3 aromatic rings. The van der Waals surface area contributed by atoms with Crippen LogP contribution in [0, 0.1) is 5.82 Å². The Labute approximate surface area is 153 Å². The van der Waals surface area contributed by atoms with Gasteiger partial charge in [-0.1, -0.05) is 17.3 Å². The van der Waals surface area contributed by atoms with Gasteiger partial charge in [-0.05, 0) is 31.9 Å². The fourth-order valence-corrected chi connectivity index (χ4v) is 2.94. The van der Waals surface area contributed by atoms with Gasteiger partial charge in [-0.15, -0.1) is 10.2 Å². The molecule has 1 aromatic carbocycles. The Morgan fingerprint density at radius 2 is 2.15 bits per heavy atom. The first-order valence-electron chi connectivity index (χ1n) is 8.54. The zero-order valence-electron chi connectivity index (χ0n) is 14.4. The van der Waals surface area contributed by atoms with Crippen molar-refractivity contribution in [3.63, 3.8) is 0 Å². The Balaban J connectivity index is 1.34. The van der Waals surface area contributed by atoms with E-state index in [0.29, 0.717) is 30.1 Å². The predicted molar refractivity (Wildman–Crippen MR) is 90.1 cm³/mol. The summed E-state index contributed by atoms with van der Waals surface area (Å²) in [6.07, 6.45) is 0.505. The van der Waals surface area contributed by atoms with E-state index in [0.717, 1.165) is 0 Å². The third-order valence-electron chi connectivity index (χ3n) is 4.49. The summed E-state index contributed by atoms with van der Waals surface area (Å²) in [5, 5.41) is 23.7. The van der Waals surface area contributed by atoms with Crippen LogP contribution in [-0.2, 0) is 0 Å². The molecule has 1 saturated carbocycles. The van der Waals surface area contributed by atoms with Crippen LogP contribution in [0.25, 0.3) is 11.3 Å². The fraction of sp³-hybridized carbons (Fsp3) is 0.333. The number of benzene rings is 1. The Hall–Kier alpha value is -3.07. The van der Waals surface area contributed by atoms with Crippen LogP contribution in [0.3, 0.4) is 0 Å². The van der Waals surface area contributed by atoms with Gasteiger partial charge in [0, 0.05) is 23.6 Å². The molecule has 9 heteroatoms. The summed E-state index contributed by atoms with van der Waals surface area (Å²) in [4.78, 5) is 12.3. The van der Waals surface area contributed by atoms with E-state index in [1.54, 1.807) is 19.1 Å². The molecule has 140 valence electrons. The first kappa shape index (κ1) is 17.3. The van der Waals surface area contributed by atoms with Crippen molar-refractivity contribution >= 4 is 5.91 Å². The minimum absolute atomic E-state index is 0.0429. The van der Waals surface area contributed by atoms with E-state index in [4.69, 9.17) is 8.94 Å². The number of hydrogen-bond donors (Lipinski definition) is 2. The van der Waals surface area contributed by atoms with Crippen molar-refractivity contribution in [3.05, 3.63) is 53.6 Å². The lowest BCUT2D eigenvalue weighted by Crippen LogP contribution is -2.43. The highest BCUT2D eigenvalue weighted by molar-refractivity contribution is 5.93. The Bertz CT molecular complexity index is 962. The van der Waals surface area contributed by atoms with Gasteiger partial charge in [-0.3, -0.25) is 4.79 Å². The first-order chi connectivity index (χ1) is 13.0. The molecule has 8 nitrogen and oxygen atoms in total. The van der Waals surface area contributed by atoms with Gasteiger partial charge in [0.25, 0.3) is 5.91 Å². The maximum atomic E-state index is 13.3. The van der Waals surface area contributed by atoms with Gasteiger partial charge in [0.05, 0.1) is 0 Å². The molecule has 1 aliphatic carbocycles. The summed E-state index contributed by atoms with van der Waals surface area (Å²) in [7, 11) is 0. The molecule has 1 fully saturated rings. The second-order valence-electron chi connectivity index (χ2n) is 6.58. The molecule has 0 radical (unpaired) electrons. The van der Waals surface area contributed by atoms with Crippen LogP contribution in [0.4, 0.5) is 4.39 Å². The number of amides is 1. The Morgan fingerprint density at radius 3 is 2.85 bits per heavy atom. The van der Waals surface area contributed by atoms with Crippen LogP contribution in [0.5, 0.6) is 0 Å². The van der Waals surface area contributed by atoms with Crippen LogP contribution < -0.4 is 5.32 Å². The quantitative estimate of drug-likeness (QED) is 0.707. The number of aromatic nitrogens is 3. The van der Waals surface area contributed by atoms with Crippen LogP contribution in [-0.4, -0.2) is 32.4 Å². The molecular weight excluding hydrogens is 355 g/mol. The molecule has 0 bridgehead atoms. The number of hydrogen-bond acceptors (Lipinski definition) is 7. The lowest BCUT2D eigenvalue weighted by Gasteiger charge is -2.33. The van der Waals surface area contributed by atoms with Crippen molar-refractivity contribution in [2.75, 3.05) is 0 Å². The number of rotatable bonds is 5. The van der Waals surface area contributed by atoms with Gasteiger partial charge in [0.15, 0.2) is 11.5 Å². The highest BCUT2D eigenvalue weighted by atomic mass is 19.1. The minimum atomic E-state index is -0.804. The predicted octanol–water partition coefficient (Wildman–Crippen LogP) is 2.59. The third-order valence-corrected chi connectivity index (χ3v) is 4.49. The summed E-state index contributed by atoms with van der Waals surface area (Å²) in [6, 6.07) is 7.31. The molecule has 1 amide bonds. The number of aliphatic hydroxyl groups excluding tert-OH is 1. The van der Waals surface area contributed by atoms with Crippen molar-refractivity contribution in [3.8, 4) is 11.3 Å². The van der Waals surface area contributed by atoms with E-state index < -0.39 is 11.9 Å². The summed E-state index contributed by atoms with van der Waals surface area (Å²) in [5.74, 6) is 0.268. The fourth-order valence-electron chi connectivity index (χ4n) is 2.94. The van der Waals surface area contributed by atoms with Gasteiger partial charge in [-0.25, -0.2) is 4.39 Å². The summed E-state index contributed by atoms with van der Waals surface area (Å²) < 4.78 is 23.8. The number of aliphatic hydroxyl groups is 1. The summed E-state index contributed by atoms with van der Waals surface area (Å²) in [5.41, 5.74) is 0.641. The Kier molecular flexibility index (Phi) is 4.44. The first-order valence-corrected chi connectivity index (χ1v) is 8.54. The van der Waals surface area contributed by atoms with E-state index in [9.17, 15) is 14.3 Å². The van der Waals surface area contributed by atoms with Crippen molar-refractivity contribution < 1.29 is 23.2 Å². The molecular formula is C18H17FN4O4. The molecule has 2 N–H and O–H groups in total. The van der Waals surface area contributed by atoms with E-state index in [1.807, 2.05) is 0 Å². The molecule has 1 aliphatic rings. The van der Waals surface area contributed by atoms with Gasteiger partial charge < -0.3 is 19.4 Å².